The average molecular weight is 233 g/mol. The van der Waals surface area contributed by atoms with Crippen LogP contribution in [0.25, 0.3) is 0 Å². The van der Waals surface area contributed by atoms with Crippen LogP contribution in [0.15, 0.2) is 24.3 Å². The highest BCUT2D eigenvalue weighted by atomic mass is 16.3. The van der Waals surface area contributed by atoms with Crippen molar-refractivity contribution in [3.8, 4) is 5.75 Å². The molecule has 2 atom stereocenters. The zero-order chi connectivity index (χ0) is 12.3. The molecule has 2 heteroatoms. The predicted molar refractivity (Wildman–Crippen MR) is 71.4 cm³/mol. The summed E-state index contributed by atoms with van der Waals surface area (Å²) in [6, 6.07) is 8.37. The van der Waals surface area contributed by atoms with Crippen LogP contribution in [0.5, 0.6) is 5.75 Å². The summed E-state index contributed by atoms with van der Waals surface area (Å²) >= 11 is 0. The van der Waals surface area contributed by atoms with Gasteiger partial charge in [-0.25, -0.2) is 0 Å². The van der Waals surface area contributed by atoms with Crippen LogP contribution >= 0.6 is 0 Å². The Kier molecular flexibility index (Phi) is 4.06. The lowest BCUT2D eigenvalue weighted by molar-refractivity contribution is 0.139. The Morgan fingerprint density at radius 1 is 1.41 bits per heavy atom. The van der Waals surface area contributed by atoms with E-state index in [2.05, 4.69) is 24.8 Å². The lowest BCUT2D eigenvalue weighted by atomic mass is 9.84. The van der Waals surface area contributed by atoms with E-state index in [1.165, 1.54) is 37.9 Å². The third-order valence-electron chi connectivity index (χ3n) is 3.93. The van der Waals surface area contributed by atoms with Crippen molar-refractivity contribution in [1.29, 1.82) is 0 Å². The molecule has 0 radical (unpaired) electrons. The van der Waals surface area contributed by atoms with Crippen LogP contribution in [0.3, 0.4) is 0 Å². The van der Waals surface area contributed by atoms with Gasteiger partial charge in [0.05, 0.1) is 0 Å². The average Bonchev–Trinajstić information content (AvgIpc) is 2.32. The van der Waals surface area contributed by atoms with E-state index in [1.807, 2.05) is 12.1 Å². The molecule has 1 saturated heterocycles. The summed E-state index contributed by atoms with van der Waals surface area (Å²) in [5.74, 6) is 0.963. The Morgan fingerprint density at radius 2 is 2.24 bits per heavy atom. The fourth-order valence-electron chi connectivity index (χ4n) is 3.02. The molecule has 1 N–H and O–H groups in total. The Bertz CT molecular complexity index is 362. The molecular formula is C15H23NO. The van der Waals surface area contributed by atoms with E-state index in [1.54, 1.807) is 6.07 Å². The zero-order valence-electron chi connectivity index (χ0n) is 10.9. The van der Waals surface area contributed by atoms with Crippen molar-refractivity contribution in [2.24, 2.45) is 0 Å². The van der Waals surface area contributed by atoms with Crippen molar-refractivity contribution < 1.29 is 5.11 Å². The maximum atomic E-state index is 9.59. The summed E-state index contributed by atoms with van der Waals surface area (Å²) in [6.45, 7) is 6.98. The topological polar surface area (TPSA) is 23.5 Å². The second kappa shape index (κ2) is 5.54. The van der Waals surface area contributed by atoms with Gasteiger partial charge in [-0.2, -0.15) is 0 Å². The van der Waals surface area contributed by atoms with Crippen LogP contribution in [0, 0.1) is 0 Å². The number of rotatable bonds is 3. The first-order valence-corrected chi connectivity index (χ1v) is 6.75. The maximum absolute atomic E-state index is 9.59. The molecule has 0 amide bonds. The van der Waals surface area contributed by atoms with Crippen molar-refractivity contribution in [1.82, 2.24) is 4.90 Å². The third kappa shape index (κ3) is 2.81. The summed E-state index contributed by atoms with van der Waals surface area (Å²) in [7, 11) is 0. The van der Waals surface area contributed by atoms with Crippen LogP contribution in [0.1, 0.15) is 44.6 Å². The predicted octanol–water partition coefficient (Wildman–Crippen LogP) is 3.37. The van der Waals surface area contributed by atoms with Gasteiger partial charge in [-0.3, -0.25) is 0 Å². The Balaban J connectivity index is 2.14. The standard InChI is InChI=1S/C15H23NO/c1-3-9-16-10-5-8-15(12(16)2)13-6-4-7-14(17)11-13/h4,6-7,11-12,15,17H,3,5,8-10H2,1-2H3/t12-,15-/m1/s1. The van der Waals surface area contributed by atoms with Gasteiger partial charge in [0.2, 0.25) is 0 Å². The first-order chi connectivity index (χ1) is 8.22. The highest BCUT2D eigenvalue weighted by molar-refractivity contribution is 5.30. The smallest absolute Gasteiger partial charge is 0.115 e. The molecule has 1 aliphatic heterocycles. The van der Waals surface area contributed by atoms with Crippen molar-refractivity contribution in [2.75, 3.05) is 13.1 Å². The largest absolute Gasteiger partial charge is 0.508 e. The number of aromatic hydroxyl groups is 1. The first kappa shape index (κ1) is 12.4. The molecule has 0 unspecified atom stereocenters. The number of nitrogens with zero attached hydrogens (tertiary/aromatic N) is 1. The minimum atomic E-state index is 0.391. The number of phenolic OH excluding ortho intramolecular Hbond substituents is 1. The molecule has 0 bridgehead atoms. The van der Waals surface area contributed by atoms with E-state index in [9.17, 15) is 5.11 Å². The second-order valence-electron chi connectivity index (χ2n) is 5.12. The van der Waals surface area contributed by atoms with Gasteiger partial charge in [-0.15, -0.1) is 0 Å². The fraction of sp³-hybridized carbons (Fsp3) is 0.600. The van der Waals surface area contributed by atoms with Crippen LogP contribution in [-0.2, 0) is 0 Å². The molecule has 94 valence electrons. The SMILES string of the molecule is CCCN1CCC[C@@H](c2cccc(O)c2)[C@H]1C. The zero-order valence-corrected chi connectivity index (χ0v) is 10.9. The quantitative estimate of drug-likeness (QED) is 0.865. The molecule has 1 aromatic rings. The Hall–Kier alpha value is -1.02. The molecule has 17 heavy (non-hydrogen) atoms. The van der Waals surface area contributed by atoms with Gasteiger partial charge < -0.3 is 10.0 Å². The van der Waals surface area contributed by atoms with E-state index in [0.29, 0.717) is 17.7 Å². The second-order valence-corrected chi connectivity index (χ2v) is 5.12. The number of hydrogen-bond donors (Lipinski definition) is 1. The van der Waals surface area contributed by atoms with Gasteiger partial charge in [0.15, 0.2) is 0 Å². The van der Waals surface area contributed by atoms with Gasteiger partial charge in [-0.05, 0) is 62.9 Å². The van der Waals surface area contributed by atoms with Crippen LogP contribution in [0.4, 0.5) is 0 Å². The van der Waals surface area contributed by atoms with E-state index in [4.69, 9.17) is 0 Å². The van der Waals surface area contributed by atoms with E-state index in [-0.39, 0.29) is 0 Å². The van der Waals surface area contributed by atoms with E-state index >= 15 is 0 Å². The van der Waals surface area contributed by atoms with E-state index < -0.39 is 0 Å². The number of phenols is 1. The molecule has 1 aromatic carbocycles. The lowest BCUT2D eigenvalue weighted by Crippen LogP contribution is -2.42. The number of hydrogen-bond acceptors (Lipinski definition) is 2. The van der Waals surface area contributed by atoms with Crippen molar-refractivity contribution >= 4 is 0 Å². The Morgan fingerprint density at radius 3 is 2.94 bits per heavy atom. The molecular weight excluding hydrogens is 210 g/mol. The van der Waals surface area contributed by atoms with Crippen molar-refractivity contribution in [3.63, 3.8) is 0 Å². The summed E-state index contributed by atoms with van der Waals surface area (Å²) < 4.78 is 0. The maximum Gasteiger partial charge on any atom is 0.115 e. The monoisotopic (exact) mass is 233 g/mol. The third-order valence-corrected chi connectivity index (χ3v) is 3.93. The molecule has 2 rings (SSSR count). The molecule has 0 saturated carbocycles. The fourth-order valence-corrected chi connectivity index (χ4v) is 3.02. The number of benzene rings is 1. The number of likely N-dealkylation sites (tertiary alicyclic amines) is 1. The van der Waals surface area contributed by atoms with Gasteiger partial charge in [0.25, 0.3) is 0 Å². The van der Waals surface area contributed by atoms with Crippen LogP contribution in [0.2, 0.25) is 0 Å². The van der Waals surface area contributed by atoms with Crippen molar-refractivity contribution in [2.45, 2.75) is 45.1 Å². The van der Waals surface area contributed by atoms with Gasteiger partial charge in [-0.1, -0.05) is 19.1 Å². The summed E-state index contributed by atoms with van der Waals surface area (Å²) in [5, 5.41) is 9.59. The van der Waals surface area contributed by atoms with Gasteiger partial charge >= 0.3 is 0 Å². The van der Waals surface area contributed by atoms with Crippen molar-refractivity contribution in [3.05, 3.63) is 29.8 Å². The summed E-state index contributed by atoms with van der Waals surface area (Å²) in [6.07, 6.45) is 3.73. The van der Waals surface area contributed by atoms with Crippen LogP contribution in [-0.4, -0.2) is 29.1 Å². The normalized spacial score (nSPS) is 26.0. The molecule has 0 aliphatic carbocycles. The Labute approximate surface area is 104 Å². The minimum Gasteiger partial charge on any atom is -0.508 e. The molecule has 1 heterocycles. The molecule has 1 fully saturated rings. The molecule has 2 nitrogen and oxygen atoms in total. The number of piperidine rings is 1. The summed E-state index contributed by atoms with van der Waals surface area (Å²) in [4.78, 5) is 2.58. The minimum absolute atomic E-state index is 0.391. The van der Waals surface area contributed by atoms with E-state index in [0.717, 1.165) is 0 Å². The molecule has 0 spiro atoms. The molecule has 1 aliphatic rings. The highest BCUT2D eigenvalue weighted by Crippen LogP contribution is 2.33. The van der Waals surface area contributed by atoms with Crippen LogP contribution < -0.4 is 0 Å². The van der Waals surface area contributed by atoms with Gasteiger partial charge in [0, 0.05) is 6.04 Å². The first-order valence-electron chi connectivity index (χ1n) is 6.75. The summed E-state index contributed by atoms with van der Waals surface area (Å²) in [5.41, 5.74) is 1.29. The lowest BCUT2D eigenvalue weighted by Gasteiger charge is -2.39. The van der Waals surface area contributed by atoms with Gasteiger partial charge in [0.1, 0.15) is 5.75 Å². The molecule has 0 aromatic heterocycles. The highest BCUT2D eigenvalue weighted by Gasteiger charge is 2.28.